The van der Waals surface area contributed by atoms with Gasteiger partial charge in [-0.05, 0) is 25.2 Å². The van der Waals surface area contributed by atoms with Crippen LogP contribution in [-0.4, -0.2) is 26.9 Å². The van der Waals surface area contributed by atoms with Crippen molar-refractivity contribution in [3.05, 3.63) is 0 Å². The Balaban J connectivity index is 2.36. The maximum Gasteiger partial charge on any atom is 0.233 e. The highest BCUT2D eigenvalue weighted by Crippen LogP contribution is 2.29. The van der Waals surface area contributed by atoms with Crippen LogP contribution in [-0.2, 0) is 13.8 Å². The molecular formula is C11H21ClO3S. The first-order chi connectivity index (χ1) is 7.18. The van der Waals surface area contributed by atoms with E-state index in [4.69, 9.17) is 15.4 Å². The first kappa shape index (κ1) is 14.3. The first-order valence-electron chi connectivity index (χ1n) is 5.72. The Morgan fingerprint density at radius 3 is 2.44 bits per heavy atom. The first-order valence-corrected chi connectivity index (χ1v) is 8.20. The molecule has 1 saturated carbocycles. The second-order valence-electron chi connectivity index (χ2n) is 5.70. The number of hydrogen-bond acceptors (Lipinski definition) is 3. The molecule has 0 aromatic rings. The van der Waals surface area contributed by atoms with Crippen molar-refractivity contribution in [1.29, 1.82) is 0 Å². The fourth-order valence-electron chi connectivity index (χ4n) is 2.16. The quantitative estimate of drug-likeness (QED) is 0.720. The summed E-state index contributed by atoms with van der Waals surface area (Å²) in [5, 5.41) is 0. The lowest BCUT2D eigenvalue weighted by atomic mass is 9.98. The summed E-state index contributed by atoms with van der Waals surface area (Å²) in [5.74, 6) is 0.689. The van der Waals surface area contributed by atoms with E-state index in [1.54, 1.807) is 0 Å². The van der Waals surface area contributed by atoms with Crippen molar-refractivity contribution in [3.8, 4) is 0 Å². The lowest BCUT2D eigenvalue weighted by Gasteiger charge is -2.24. The molecule has 1 rings (SSSR count). The van der Waals surface area contributed by atoms with E-state index in [0.29, 0.717) is 12.7 Å². The maximum atomic E-state index is 11.0. The number of rotatable bonds is 5. The van der Waals surface area contributed by atoms with Gasteiger partial charge in [0.05, 0.1) is 18.5 Å². The highest BCUT2D eigenvalue weighted by molar-refractivity contribution is 8.13. The molecule has 0 aromatic carbocycles. The van der Waals surface area contributed by atoms with E-state index in [1.165, 1.54) is 6.42 Å². The third kappa shape index (κ3) is 5.51. The lowest BCUT2D eigenvalue weighted by Crippen LogP contribution is -2.29. The molecule has 1 aliphatic rings. The molecule has 0 heterocycles. The van der Waals surface area contributed by atoms with Crippen molar-refractivity contribution in [2.24, 2.45) is 11.3 Å². The lowest BCUT2D eigenvalue weighted by molar-refractivity contribution is 0.0123. The van der Waals surface area contributed by atoms with Gasteiger partial charge in [-0.25, -0.2) is 8.42 Å². The van der Waals surface area contributed by atoms with Gasteiger partial charge in [-0.15, -0.1) is 0 Å². The second-order valence-corrected chi connectivity index (χ2v) is 8.48. The van der Waals surface area contributed by atoms with E-state index in [0.717, 1.165) is 18.8 Å². The highest BCUT2D eigenvalue weighted by Gasteiger charge is 2.28. The van der Waals surface area contributed by atoms with E-state index in [2.05, 4.69) is 6.92 Å². The SMILES string of the molecule is CC1CCC(OCC(C)(C)CS(=O)(=O)Cl)C1. The molecule has 0 N–H and O–H groups in total. The Hall–Kier alpha value is 0.200. The molecule has 3 nitrogen and oxygen atoms in total. The molecule has 0 spiro atoms. The van der Waals surface area contributed by atoms with Crippen LogP contribution >= 0.6 is 10.7 Å². The van der Waals surface area contributed by atoms with Crippen molar-refractivity contribution >= 4 is 19.7 Å². The molecule has 1 fully saturated rings. The topological polar surface area (TPSA) is 43.4 Å². The van der Waals surface area contributed by atoms with Crippen LogP contribution in [0.15, 0.2) is 0 Å². The van der Waals surface area contributed by atoms with Crippen LogP contribution in [0.2, 0.25) is 0 Å². The summed E-state index contributed by atoms with van der Waals surface area (Å²) in [4.78, 5) is 0. The van der Waals surface area contributed by atoms with E-state index in [-0.39, 0.29) is 5.75 Å². The fraction of sp³-hybridized carbons (Fsp3) is 1.00. The Labute approximate surface area is 103 Å². The summed E-state index contributed by atoms with van der Waals surface area (Å²) in [5.41, 5.74) is -0.410. The van der Waals surface area contributed by atoms with Gasteiger partial charge in [0.1, 0.15) is 0 Å². The number of hydrogen-bond donors (Lipinski definition) is 0. The average molecular weight is 269 g/mol. The van der Waals surface area contributed by atoms with Gasteiger partial charge in [-0.3, -0.25) is 0 Å². The molecule has 0 amide bonds. The zero-order valence-corrected chi connectivity index (χ0v) is 11.8. The van der Waals surface area contributed by atoms with Crippen LogP contribution < -0.4 is 0 Å². The average Bonchev–Trinajstić information content (AvgIpc) is 2.44. The Morgan fingerprint density at radius 1 is 1.38 bits per heavy atom. The van der Waals surface area contributed by atoms with Crippen molar-refractivity contribution in [1.82, 2.24) is 0 Å². The number of ether oxygens (including phenoxy) is 1. The van der Waals surface area contributed by atoms with Crippen LogP contribution in [0.25, 0.3) is 0 Å². The monoisotopic (exact) mass is 268 g/mol. The van der Waals surface area contributed by atoms with Gasteiger partial charge < -0.3 is 4.74 Å². The predicted molar refractivity (Wildman–Crippen MR) is 66.2 cm³/mol. The zero-order valence-electron chi connectivity index (χ0n) is 10.2. The minimum atomic E-state index is -3.45. The van der Waals surface area contributed by atoms with Crippen molar-refractivity contribution in [2.75, 3.05) is 12.4 Å². The molecule has 2 unspecified atom stereocenters. The van der Waals surface area contributed by atoms with Gasteiger partial charge in [0, 0.05) is 16.1 Å². The van der Waals surface area contributed by atoms with Crippen LogP contribution in [0.4, 0.5) is 0 Å². The minimum Gasteiger partial charge on any atom is -0.378 e. The van der Waals surface area contributed by atoms with E-state index in [9.17, 15) is 8.42 Å². The highest BCUT2D eigenvalue weighted by atomic mass is 35.7. The Bertz CT molecular complexity index is 324. The van der Waals surface area contributed by atoms with Gasteiger partial charge in [0.2, 0.25) is 9.05 Å². The molecule has 5 heteroatoms. The van der Waals surface area contributed by atoms with Crippen molar-refractivity contribution in [3.63, 3.8) is 0 Å². The summed E-state index contributed by atoms with van der Waals surface area (Å²) < 4.78 is 27.8. The largest absolute Gasteiger partial charge is 0.378 e. The van der Waals surface area contributed by atoms with E-state index >= 15 is 0 Å². The van der Waals surface area contributed by atoms with Gasteiger partial charge in [0.25, 0.3) is 0 Å². The minimum absolute atomic E-state index is 0.0379. The van der Waals surface area contributed by atoms with Gasteiger partial charge in [-0.1, -0.05) is 20.8 Å². The van der Waals surface area contributed by atoms with E-state index < -0.39 is 14.5 Å². The van der Waals surface area contributed by atoms with Crippen LogP contribution in [0.5, 0.6) is 0 Å². The molecule has 2 atom stereocenters. The third-order valence-electron chi connectivity index (χ3n) is 2.92. The van der Waals surface area contributed by atoms with Crippen LogP contribution in [0.3, 0.4) is 0 Å². The summed E-state index contributed by atoms with van der Waals surface area (Å²) in [6.07, 6.45) is 3.68. The zero-order chi connectivity index (χ0) is 12.4. The Morgan fingerprint density at radius 2 is 2.00 bits per heavy atom. The van der Waals surface area contributed by atoms with Gasteiger partial charge >= 0.3 is 0 Å². The maximum absolute atomic E-state index is 11.0. The van der Waals surface area contributed by atoms with Crippen molar-refractivity contribution in [2.45, 2.75) is 46.1 Å². The molecular weight excluding hydrogens is 248 g/mol. The van der Waals surface area contributed by atoms with Crippen LogP contribution in [0, 0.1) is 11.3 Å². The molecule has 0 aromatic heterocycles. The molecule has 0 radical (unpaired) electrons. The predicted octanol–water partition coefficient (Wildman–Crippen LogP) is 2.79. The van der Waals surface area contributed by atoms with Gasteiger partial charge in [0.15, 0.2) is 0 Å². The molecule has 1 aliphatic carbocycles. The third-order valence-corrected chi connectivity index (χ3v) is 4.37. The molecule has 0 aliphatic heterocycles. The van der Waals surface area contributed by atoms with Crippen molar-refractivity contribution < 1.29 is 13.2 Å². The summed E-state index contributed by atoms with van der Waals surface area (Å²) in [6, 6.07) is 0. The molecule has 0 bridgehead atoms. The molecule has 96 valence electrons. The summed E-state index contributed by atoms with van der Waals surface area (Å²) in [7, 11) is 1.81. The van der Waals surface area contributed by atoms with Crippen LogP contribution in [0.1, 0.15) is 40.0 Å². The summed E-state index contributed by atoms with van der Waals surface area (Å²) >= 11 is 0. The van der Waals surface area contributed by atoms with E-state index in [1.807, 2.05) is 13.8 Å². The van der Waals surface area contributed by atoms with Gasteiger partial charge in [-0.2, -0.15) is 0 Å². The second kappa shape index (κ2) is 5.23. The smallest absolute Gasteiger partial charge is 0.233 e. The Kier molecular flexibility index (Phi) is 4.66. The summed E-state index contributed by atoms with van der Waals surface area (Å²) in [6.45, 7) is 6.41. The molecule has 16 heavy (non-hydrogen) atoms. The molecule has 0 saturated heterocycles. The number of halogens is 1. The normalized spacial score (nSPS) is 27.2. The fourth-order valence-corrected chi connectivity index (χ4v) is 4.06. The standard InChI is InChI=1S/C11H21ClO3S/c1-9-4-5-10(6-9)15-7-11(2,3)8-16(12,13)14/h9-10H,4-8H2,1-3H3.